The molecule has 2 aromatic carbocycles. The molecule has 148 valence electrons. The molecule has 0 radical (unpaired) electrons. The van der Waals surface area contributed by atoms with Gasteiger partial charge in [-0.1, -0.05) is 41.6 Å². The smallest absolute Gasteiger partial charge is 0.335 e. The highest BCUT2D eigenvalue weighted by Gasteiger charge is 2.40. The minimum Gasteiger partial charge on any atom is -0.478 e. The van der Waals surface area contributed by atoms with Crippen LogP contribution in [0.1, 0.15) is 22.3 Å². The van der Waals surface area contributed by atoms with E-state index in [-0.39, 0.29) is 22.8 Å². The van der Waals surface area contributed by atoms with E-state index < -0.39 is 23.0 Å². The van der Waals surface area contributed by atoms with Crippen molar-refractivity contribution in [1.29, 1.82) is 0 Å². The summed E-state index contributed by atoms with van der Waals surface area (Å²) in [5.41, 5.74) is 6.78. The van der Waals surface area contributed by atoms with Gasteiger partial charge in [-0.15, -0.1) is 5.10 Å². The number of hydrogen-bond acceptors (Lipinski definition) is 6. The zero-order valence-electron chi connectivity index (χ0n) is 14.9. The summed E-state index contributed by atoms with van der Waals surface area (Å²) in [6, 6.07) is 12.6. The van der Waals surface area contributed by atoms with Crippen LogP contribution < -0.4 is 10.6 Å². The molecule has 1 saturated heterocycles. The van der Waals surface area contributed by atoms with E-state index in [9.17, 15) is 14.4 Å². The highest BCUT2D eigenvalue weighted by Crippen LogP contribution is 2.30. The maximum atomic E-state index is 12.6. The van der Waals surface area contributed by atoms with E-state index in [1.807, 2.05) is 0 Å². The van der Waals surface area contributed by atoms with E-state index in [1.165, 1.54) is 30.5 Å². The van der Waals surface area contributed by atoms with Crippen LogP contribution in [0.5, 0.6) is 0 Å². The van der Waals surface area contributed by atoms with Gasteiger partial charge < -0.3 is 10.8 Å². The summed E-state index contributed by atoms with van der Waals surface area (Å²) >= 11 is 6.74. The van der Waals surface area contributed by atoms with Gasteiger partial charge >= 0.3 is 5.97 Å². The van der Waals surface area contributed by atoms with E-state index in [1.54, 1.807) is 24.3 Å². The number of amidine groups is 1. The number of imide groups is 1. The van der Waals surface area contributed by atoms with Crippen LogP contribution in [0.3, 0.4) is 0 Å². The summed E-state index contributed by atoms with van der Waals surface area (Å²) in [5, 5.41) is 16.7. The minimum absolute atomic E-state index is 0.0168. The highest BCUT2D eigenvalue weighted by molar-refractivity contribution is 8.14. The van der Waals surface area contributed by atoms with E-state index in [0.29, 0.717) is 5.02 Å². The minimum atomic E-state index is -1.15. The standard InChI is InChI=1S/C19H15ClN4O4S/c20-13-6-4-11(5-7-13)10-22-23-19(21)29-15-9-16(25)24(17(15)26)14-3-1-2-12(8-14)18(27)28/h1-8,10,15H,9H2,(H2,21,23)(H,27,28)/b22-10-/t15-/m0/s1. The number of nitrogens with two attached hydrogens (primary N) is 1. The first-order valence-corrected chi connectivity index (χ1v) is 9.60. The van der Waals surface area contributed by atoms with Crippen LogP contribution in [0.2, 0.25) is 5.02 Å². The molecule has 0 bridgehead atoms. The number of benzene rings is 2. The summed E-state index contributed by atoms with van der Waals surface area (Å²) in [7, 11) is 0. The number of carboxylic acids is 1. The van der Waals surface area contributed by atoms with E-state index >= 15 is 0 Å². The summed E-state index contributed by atoms with van der Waals surface area (Å²) in [6.07, 6.45) is 1.41. The summed E-state index contributed by atoms with van der Waals surface area (Å²) < 4.78 is 0. The molecular weight excluding hydrogens is 416 g/mol. The Bertz CT molecular complexity index is 1020. The van der Waals surface area contributed by atoms with Crippen molar-refractivity contribution >= 4 is 58.2 Å². The lowest BCUT2D eigenvalue weighted by molar-refractivity contribution is -0.121. The van der Waals surface area contributed by atoms with Gasteiger partial charge in [0.1, 0.15) is 5.25 Å². The van der Waals surface area contributed by atoms with Crippen LogP contribution in [0, 0.1) is 0 Å². The van der Waals surface area contributed by atoms with Crippen molar-refractivity contribution in [2.24, 2.45) is 15.9 Å². The molecule has 29 heavy (non-hydrogen) atoms. The number of aromatic carboxylic acids is 1. The first-order chi connectivity index (χ1) is 13.8. The molecule has 3 N–H and O–H groups in total. The van der Waals surface area contributed by atoms with Crippen molar-refractivity contribution in [3.63, 3.8) is 0 Å². The monoisotopic (exact) mass is 430 g/mol. The Hall–Kier alpha value is -3.17. The quantitative estimate of drug-likeness (QED) is 0.325. The molecule has 0 unspecified atom stereocenters. The Morgan fingerprint density at radius 2 is 1.97 bits per heavy atom. The van der Waals surface area contributed by atoms with Crippen molar-refractivity contribution in [2.45, 2.75) is 11.7 Å². The number of thioether (sulfide) groups is 1. The van der Waals surface area contributed by atoms with Gasteiger partial charge in [0, 0.05) is 11.4 Å². The molecule has 1 heterocycles. The SMILES string of the molecule is NC(=N/N=C\c1ccc(Cl)cc1)S[C@H]1CC(=O)N(c2cccc(C(=O)O)c2)C1=O. The molecule has 2 aromatic rings. The molecule has 8 nitrogen and oxygen atoms in total. The number of carbonyl (C=O) groups is 3. The topological polar surface area (TPSA) is 125 Å². The Balaban J connectivity index is 1.68. The molecule has 10 heteroatoms. The molecule has 2 amide bonds. The van der Waals surface area contributed by atoms with Crippen LogP contribution in [0.25, 0.3) is 0 Å². The van der Waals surface area contributed by atoms with Gasteiger partial charge in [0.25, 0.3) is 0 Å². The maximum Gasteiger partial charge on any atom is 0.335 e. The summed E-state index contributed by atoms with van der Waals surface area (Å²) in [6.45, 7) is 0. The largest absolute Gasteiger partial charge is 0.478 e. The van der Waals surface area contributed by atoms with Gasteiger partial charge in [0.05, 0.1) is 17.5 Å². The Kier molecular flexibility index (Phi) is 6.30. The molecule has 1 atom stereocenters. The average Bonchev–Trinajstić information content (AvgIpc) is 2.96. The number of carboxylic acid groups (broad SMARTS) is 1. The fourth-order valence-electron chi connectivity index (χ4n) is 2.62. The number of amides is 2. The molecular formula is C19H15ClN4O4S. The highest BCUT2D eigenvalue weighted by atomic mass is 35.5. The second-order valence-electron chi connectivity index (χ2n) is 5.97. The van der Waals surface area contributed by atoms with Crippen molar-refractivity contribution in [3.05, 3.63) is 64.7 Å². The number of carbonyl (C=O) groups excluding carboxylic acids is 2. The van der Waals surface area contributed by atoms with Crippen molar-refractivity contribution in [3.8, 4) is 0 Å². The first kappa shape index (κ1) is 20.6. The molecule has 0 aromatic heterocycles. The fourth-order valence-corrected chi connectivity index (χ4v) is 3.56. The third-order valence-corrected chi connectivity index (χ3v) is 5.18. The lowest BCUT2D eigenvalue weighted by Gasteiger charge is -2.15. The normalized spacial score (nSPS) is 17.3. The van der Waals surface area contributed by atoms with Crippen LogP contribution >= 0.6 is 23.4 Å². The number of nitrogens with zero attached hydrogens (tertiary/aromatic N) is 3. The Morgan fingerprint density at radius 3 is 2.66 bits per heavy atom. The van der Waals surface area contributed by atoms with Gasteiger partial charge in [0.2, 0.25) is 11.8 Å². The van der Waals surface area contributed by atoms with Gasteiger partial charge in [-0.2, -0.15) is 5.10 Å². The molecule has 0 saturated carbocycles. The predicted octanol–water partition coefficient (Wildman–Crippen LogP) is 2.75. The van der Waals surface area contributed by atoms with E-state index in [0.717, 1.165) is 22.2 Å². The fraction of sp³-hybridized carbons (Fsp3) is 0.105. The molecule has 0 aliphatic carbocycles. The molecule has 1 aliphatic heterocycles. The zero-order valence-corrected chi connectivity index (χ0v) is 16.4. The molecule has 1 fully saturated rings. The van der Waals surface area contributed by atoms with Crippen LogP contribution in [-0.2, 0) is 9.59 Å². The van der Waals surface area contributed by atoms with Gasteiger partial charge in [0.15, 0.2) is 5.17 Å². The van der Waals surface area contributed by atoms with Crippen LogP contribution in [0.15, 0.2) is 58.7 Å². The average molecular weight is 431 g/mol. The lowest BCUT2D eigenvalue weighted by Crippen LogP contribution is -2.32. The number of hydrogen-bond donors (Lipinski definition) is 2. The second kappa shape index (κ2) is 8.89. The van der Waals surface area contributed by atoms with E-state index in [4.69, 9.17) is 22.4 Å². The first-order valence-electron chi connectivity index (χ1n) is 8.34. The molecule has 0 spiro atoms. The van der Waals surface area contributed by atoms with Crippen molar-refractivity contribution in [2.75, 3.05) is 4.90 Å². The number of rotatable bonds is 5. The zero-order chi connectivity index (χ0) is 21.0. The van der Waals surface area contributed by atoms with Gasteiger partial charge in [-0.3, -0.25) is 9.59 Å². The third-order valence-electron chi connectivity index (χ3n) is 3.95. The van der Waals surface area contributed by atoms with Gasteiger partial charge in [-0.25, -0.2) is 9.69 Å². The van der Waals surface area contributed by atoms with Crippen LogP contribution in [0.4, 0.5) is 5.69 Å². The Morgan fingerprint density at radius 1 is 1.24 bits per heavy atom. The van der Waals surface area contributed by atoms with Crippen molar-refractivity contribution < 1.29 is 19.5 Å². The number of halogens is 1. The van der Waals surface area contributed by atoms with Gasteiger partial charge in [-0.05, 0) is 35.9 Å². The molecule has 1 aliphatic rings. The third kappa shape index (κ3) is 5.01. The number of anilines is 1. The van der Waals surface area contributed by atoms with Crippen molar-refractivity contribution in [1.82, 2.24) is 0 Å². The lowest BCUT2D eigenvalue weighted by atomic mass is 10.2. The predicted molar refractivity (Wildman–Crippen MR) is 113 cm³/mol. The Labute approximate surface area is 175 Å². The summed E-state index contributed by atoms with van der Waals surface area (Å²) in [4.78, 5) is 37.0. The van der Waals surface area contributed by atoms with E-state index in [2.05, 4.69) is 10.2 Å². The second-order valence-corrected chi connectivity index (χ2v) is 7.63. The molecule has 3 rings (SSSR count). The summed E-state index contributed by atoms with van der Waals surface area (Å²) in [5.74, 6) is -2.07. The maximum absolute atomic E-state index is 12.6. The van der Waals surface area contributed by atoms with Crippen LogP contribution in [-0.4, -0.2) is 39.5 Å².